The van der Waals surface area contributed by atoms with Crippen molar-refractivity contribution >= 4 is 15.9 Å². The second kappa shape index (κ2) is 7.29. The van der Waals surface area contributed by atoms with Crippen LogP contribution in [0, 0.1) is 0 Å². The van der Waals surface area contributed by atoms with Gasteiger partial charge >= 0.3 is 0 Å². The van der Waals surface area contributed by atoms with E-state index in [2.05, 4.69) is 10.0 Å². The summed E-state index contributed by atoms with van der Waals surface area (Å²) in [4.78, 5) is 15.3. The summed E-state index contributed by atoms with van der Waals surface area (Å²) < 4.78 is 28.2. The molecule has 2 heterocycles. The zero-order valence-electron chi connectivity index (χ0n) is 15.0. The molecule has 1 aromatic rings. The third-order valence-electron chi connectivity index (χ3n) is 5.96. The Morgan fingerprint density at radius 2 is 1.85 bits per heavy atom. The van der Waals surface area contributed by atoms with Crippen molar-refractivity contribution < 1.29 is 13.2 Å². The molecule has 7 heteroatoms. The molecular weight excluding hydrogens is 350 g/mol. The summed E-state index contributed by atoms with van der Waals surface area (Å²) in [6.45, 7) is 1.76. The number of benzene rings is 1. The molecule has 0 aromatic heterocycles. The Morgan fingerprint density at radius 3 is 2.65 bits per heavy atom. The van der Waals surface area contributed by atoms with Crippen LogP contribution in [0.2, 0.25) is 0 Å². The summed E-state index contributed by atoms with van der Waals surface area (Å²) in [5, 5.41) is 3.39. The highest BCUT2D eigenvalue weighted by molar-refractivity contribution is 7.89. The van der Waals surface area contributed by atoms with Crippen molar-refractivity contribution in [1.29, 1.82) is 0 Å². The van der Waals surface area contributed by atoms with Crippen LogP contribution in [0.15, 0.2) is 29.2 Å². The van der Waals surface area contributed by atoms with Gasteiger partial charge in [-0.05, 0) is 56.8 Å². The fraction of sp³-hybridized carbons (Fsp3) is 0.632. The number of carbonyl (C=O) groups is 1. The van der Waals surface area contributed by atoms with Crippen LogP contribution in [-0.2, 0) is 10.0 Å². The van der Waals surface area contributed by atoms with Crippen LogP contribution in [0.1, 0.15) is 55.3 Å². The number of hydrogen-bond donors (Lipinski definition) is 2. The van der Waals surface area contributed by atoms with Crippen molar-refractivity contribution in [3.8, 4) is 0 Å². The van der Waals surface area contributed by atoms with Crippen LogP contribution < -0.4 is 10.0 Å². The molecule has 1 aliphatic carbocycles. The lowest BCUT2D eigenvalue weighted by Crippen LogP contribution is -2.42. The standard InChI is InChI=1S/C19H27N3O3S/c23-19(22-16-8-9-17(22)13-20-11-10-16)14-4-3-7-18(12-14)26(24,25)21-15-5-1-2-6-15/h3-4,7,12,15-17,20-21H,1-2,5-6,8-11,13H2. The van der Waals surface area contributed by atoms with Gasteiger partial charge in [-0.25, -0.2) is 13.1 Å². The number of carbonyl (C=O) groups excluding carboxylic acids is 1. The zero-order valence-corrected chi connectivity index (χ0v) is 15.8. The van der Waals surface area contributed by atoms with Gasteiger partial charge < -0.3 is 10.2 Å². The fourth-order valence-corrected chi connectivity index (χ4v) is 5.94. The molecule has 6 nitrogen and oxygen atoms in total. The van der Waals surface area contributed by atoms with E-state index in [0.29, 0.717) is 5.56 Å². The Bertz CT molecular complexity index is 760. The quantitative estimate of drug-likeness (QED) is 0.840. The molecule has 3 fully saturated rings. The first-order valence-electron chi connectivity index (χ1n) is 9.70. The number of rotatable bonds is 4. The molecule has 2 atom stereocenters. The molecule has 4 rings (SSSR count). The molecular formula is C19H27N3O3S. The number of amides is 1. The van der Waals surface area contributed by atoms with Gasteiger partial charge in [0, 0.05) is 30.2 Å². The monoisotopic (exact) mass is 377 g/mol. The van der Waals surface area contributed by atoms with Crippen molar-refractivity contribution in [3.05, 3.63) is 29.8 Å². The van der Waals surface area contributed by atoms with E-state index in [1.807, 2.05) is 4.90 Å². The van der Waals surface area contributed by atoms with Gasteiger partial charge in [0.25, 0.3) is 5.91 Å². The highest BCUT2D eigenvalue weighted by Crippen LogP contribution is 2.30. The molecule has 2 bridgehead atoms. The maximum Gasteiger partial charge on any atom is 0.254 e. The number of nitrogens with zero attached hydrogens (tertiary/aromatic N) is 1. The lowest BCUT2D eigenvalue weighted by Gasteiger charge is -2.28. The summed E-state index contributed by atoms with van der Waals surface area (Å²) in [7, 11) is -3.58. The molecule has 1 saturated carbocycles. The Hall–Kier alpha value is -1.44. The van der Waals surface area contributed by atoms with Crippen LogP contribution in [0.3, 0.4) is 0 Å². The highest BCUT2D eigenvalue weighted by Gasteiger charge is 2.38. The van der Waals surface area contributed by atoms with Crippen molar-refractivity contribution in [2.45, 2.75) is 68.0 Å². The largest absolute Gasteiger partial charge is 0.331 e. The van der Waals surface area contributed by atoms with E-state index < -0.39 is 10.0 Å². The predicted octanol–water partition coefficient (Wildman–Crippen LogP) is 1.87. The Morgan fingerprint density at radius 1 is 1.08 bits per heavy atom. The molecule has 3 aliphatic rings. The van der Waals surface area contributed by atoms with E-state index in [9.17, 15) is 13.2 Å². The summed E-state index contributed by atoms with van der Waals surface area (Å²) in [5.74, 6) is -0.0425. The van der Waals surface area contributed by atoms with Gasteiger partial charge in [-0.2, -0.15) is 0 Å². The van der Waals surface area contributed by atoms with Gasteiger partial charge in [0.2, 0.25) is 10.0 Å². The Labute approximate surface area is 155 Å². The molecule has 2 aliphatic heterocycles. The second-order valence-electron chi connectivity index (χ2n) is 7.72. The van der Waals surface area contributed by atoms with Crippen LogP contribution in [0.5, 0.6) is 0 Å². The first-order chi connectivity index (χ1) is 12.5. The van der Waals surface area contributed by atoms with Gasteiger partial charge in [0.05, 0.1) is 4.90 Å². The molecule has 2 saturated heterocycles. The van der Waals surface area contributed by atoms with Crippen LogP contribution >= 0.6 is 0 Å². The first kappa shape index (κ1) is 17.9. The third kappa shape index (κ3) is 3.52. The smallest absolute Gasteiger partial charge is 0.254 e. The fourth-order valence-electron chi connectivity index (χ4n) is 4.59. The van der Waals surface area contributed by atoms with Crippen molar-refractivity contribution in [1.82, 2.24) is 14.9 Å². The maximum absolute atomic E-state index is 13.1. The lowest BCUT2D eigenvalue weighted by molar-refractivity contribution is 0.0680. The van der Waals surface area contributed by atoms with Gasteiger partial charge in [-0.1, -0.05) is 18.9 Å². The van der Waals surface area contributed by atoms with Crippen molar-refractivity contribution in [3.63, 3.8) is 0 Å². The summed E-state index contributed by atoms with van der Waals surface area (Å²) >= 11 is 0. The lowest BCUT2D eigenvalue weighted by atomic mass is 10.1. The van der Waals surface area contributed by atoms with Crippen LogP contribution in [0.25, 0.3) is 0 Å². The molecule has 1 amide bonds. The Balaban J connectivity index is 1.56. The van der Waals surface area contributed by atoms with Crippen LogP contribution in [-0.4, -0.2) is 50.4 Å². The predicted molar refractivity (Wildman–Crippen MR) is 99.5 cm³/mol. The summed E-state index contributed by atoms with van der Waals surface area (Å²) in [6, 6.07) is 7.02. The molecule has 2 N–H and O–H groups in total. The first-order valence-corrected chi connectivity index (χ1v) is 11.2. The SMILES string of the molecule is O=C(c1cccc(S(=O)(=O)NC2CCCC2)c1)N1C2CCNCC1CC2. The number of fused-ring (bicyclic) bond motifs is 2. The number of nitrogens with one attached hydrogen (secondary N) is 2. The highest BCUT2D eigenvalue weighted by atomic mass is 32.2. The topological polar surface area (TPSA) is 78.5 Å². The normalized spacial score (nSPS) is 26.8. The van der Waals surface area contributed by atoms with Crippen LogP contribution in [0.4, 0.5) is 0 Å². The van der Waals surface area contributed by atoms with Gasteiger partial charge in [0.1, 0.15) is 0 Å². The van der Waals surface area contributed by atoms with E-state index in [1.165, 1.54) is 6.07 Å². The molecule has 26 heavy (non-hydrogen) atoms. The zero-order chi connectivity index (χ0) is 18.1. The average Bonchev–Trinajstić information content (AvgIpc) is 3.20. The number of sulfonamides is 1. The van der Waals surface area contributed by atoms with Gasteiger partial charge in [0.15, 0.2) is 0 Å². The van der Waals surface area contributed by atoms with Crippen molar-refractivity contribution in [2.24, 2.45) is 0 Å². The maximum atomic E-state index is 13.1. The minimum atomic E-state index is -3.58. The third-order valence-corrected chi connectivity index (χ3v) is 7.48. The van der Waals surface area contributed by atoms with Gasteiger partial charge in [-0.3, -0.25) is 4.79 Å². The minimum absolute atomic E-state index is 0.0203. The van der Waals surface area contributed by atoms with Gasteiger partial charge in [-0.15, -0.1) is 0 Å². The number of hydrogen-bond acceptors (Lipinski definition) is 4. The molecule has 2 unspecified atom stereocenters. The second-order valence-corrected chi connectivity index (χ2v) is 9.43. The summed E-state index contributed by atoms with van der Waals surface area (Å²) in [6.07, 6.45) is 6.94. The van der Waals surface area contributed by atoms with E-state index in [4.69, 9.17) is 0 Å². The summed E-state index contributed by atoms with van der Waals surface area (Å²) in [5.41, 5.74) is 0.470. The molecule has 1 aromatic carbocycles. The Kier molecular flexibility index (Phi) is 5.03. The van der Waals surface area contributed by atoms with Crippen molar-refractivity contribution in [2.75, 3.05) is 13.1 Å². The van der Waals surface area contributed by atoms with E-state index in [-0.39, 0.29) is 28.9 Å². The molecule has 142 valence electrons. The van der Waals surface area contributed by atoms with E-state index in [1.54, 1.807) is 18.2 Å². The average molecular weight is 378 g/mol. The van der Waals surface area contributed by atoms with E-state index in [0.717, 1.165) is 58.0 Å². The molecule has 0 radical (unpaired) electrons. The minimum Gasteiger partial charge on any atom is -0.331 e. The van der Waals surface area contributed by atoms with E-state index >= 15 is 0 Å². The molecule has 0 spiro atoms.